The van der Waals surface area contributed by atoms with Gasteiger partial charge in [0, 0.05) is 30.2 Å². The second kappa shape index (κ2) is 4.77. The maximum absolute atomic E-state index is 12.0. The van der Waals surface area contributed by atoms with Crippen LogP contribution >= 0.6 is 0 Å². The van der Waals surface area contributed by atoms with Crippen LogP contribution in [0, 0.1) is 0 Å². The number of pyridine rings is 2. The maximum Gasteiger partial charge on any atom is 0.277 e. The quantitative estimate of drug-likeness (QED) is 0.749. The third-order valence-corrected chi connectivity index (χ3v) is 2.55. The fraction of sp³-hybridized carbons (Fsp3) is 0. The highest BCUT2D eigenvalue weighted by Gasteiger charge is 2.10. The summed E-state index contributed by atoms with van der Waals surface area (Å²) in [6.07, 6.45) is 7.64. The Morgan fingerprint density at radius 3 is 2.79 bits per heavy atom. The molecule has 0 aliphatic rings. The number of hydrogen-bond acceptors (Lipinski definition) is 5. The summed E-state index contributed by atoms with van der Waals surface area (Å²) < 4.78 is 0. The van der Waals surface area contributed by atoms with Crippen LogP contribution in [0.2, 0.25) is 0 Å². The van der Waals surface area contributed by atoms with Crippen LogP contribution < -0.4 is 5.32 Å². The molecule has 0 spiro atoms. The Morgan fingerprint density at radius 2 is 1.95 bits per heavy atom. The van der Waals surface area contributed by atoms with Gasteiger partial charge in [0.05, 0.1) is 6.20 Å². The highest BCUT2D eigenvalue weighted by atomic mass is 16.1. The largest absolute Gasteiger partial charge is 0.303 e. The lowest BCUT2D eigenvalue weighted by Crippen LogP contribution is -2.15. The Labute approximate surface area is 108 Å². The van der Waals surface area contributed by atoms with Gasteiger partial charge < -0.3 is 5.32 Å². The van der Waals surface area contributed by atoms with Crippen molar-refractivity contribution in [2.45, 2.75) is 0 Å². The Morgan fingerprint density at radius 1 is 1.00 bits per heavy atom. The first-order valence-electron chi connectivity index (χ1n) is 5.62. The van der Waals surface area contributed by atoms with E-state index < -0.39 is 0 Å². The molecule has 0 aliphatic heterocycles. The second-order valence-electron chi connectivity index (χ2n) is 3.78. The van der Waals surface area contributed by atoms with Crippen LogP contribution in [0.3, 0.4) is 0 Å². The molecule has 92 valence electrons. The number of aromatic nitrogens is 4. The highest BCUT2D eigenvalue weighted by molar-refractivity contribution is 6.05. The Kier molecular flexibility index (Phi) is 2.82. The standard InChI is InChI=1S/C13H9N5O/c19-13(10-8-14-6-7-15-10)18-12-11-9(3-5-17-12)2-1-4-16-11/h1-8H,(H,17,18,19). The van der Waals surface area contributed by atoms with Gasteiger partial charge in [-0.15, -0.1) is 0 Å². The Balaban J connectivity index is 1.96. The van der Waals surface area contributed by atoms with Crippen molar-refractivity contribution < 1.29 is 4.79 Å². The molecule has 0 saturated carbocycles. The lowest BCUT2D eigenvalue weighted by atomic mass is 10.2. The first-order chi connectivity index (χ1) is 9.34. The van der Waals surface area contributed by atoms with E-state index in [-0.39, 0.29) is 11.6 Å². The van der Waals surface area contributed by atoms with E-state index in [4.69, 9.17) is 0 Å². The molecule has 0 atom stereocenters. The summed E-state index contributed by atoms with van der Waals surface area (Å²) in [5, 5.41) is 3.60. The molecule has 0 saturated heterocycles. The molecular formula is C13H9N5O. The summed E-state index contributed by atoms with van der Waals surface area (Å²) >= 11 is 0. The molecule has 0 unspecified atom stereocenters. The van der Waals surface area contributed by atoms with Crippen LogP contribution in [0.15, 0.2) is 49.2 Å². The van der Waals surface area contributed by atoms with Crippen molar-refractivity contribution in [2.24, 2.45) is 0 Å². The first-order valence-corrected chi connectivity index (χ1v) is 5.62. The normalized spacial score (nSPS) is 10.3. The van der Waals surface area contributed by atoms with Gasteiger partial charge in [0.25, 0.3) is 5.91 Å². The van der Waals surface area contributed by atoms with Crippen molar-refractivity contribution in [3.63, 3.8) is 0 Å². The Hall–Kier alpha value is -2.89. The molecule has 3 aromatic heterocycles. The molecular weight excluding hydrogens is 242 g/mol. The van der Waals surface area contributed by atoms with Crippen molar-refractivity contribution in [3.05, 3.63) is 54.9 Å². The van der Waals surface area contributed by atoms with Gasteiger partial charge in [0.2, 0.25) is 0 Å². The average molecular weight is 251 g/mol. The zero-order chi connectivity index (χ0) is 13.1. The molecule has 0 aliphatic carbocycles. The average Bonchev–Trinajstić information content (AvgIpc) is 2.48. The number of carbonyl (C=O) groups is 1. The summed E-state index contributed by atoms with van der Waals surface area (Å²) in [6, 6.07) is 5.57. The maximum atomic E-state index is 12.0. The van der Waals surface area contributed by atoms with Crippen LogP contribution in [0.4, 0.5) is 5.82 Å². The summed E-state index contributed by atoms with van der Waals surface area (Å²) in [5.41, 5.74) is 0.875. The number of hydrogen-bond donors (Lipinski definition) is 1. The van der Waals surface area contributed by atoms with Crippen LogP contribution in [0.25, 0.3) is 10.9 Å². The van der Waals surface area contributed by atoms with E-state index in [0.29, 0.717) is 11.3 Å². The van der Waals surface area contributed by atoms with E-state index in [1.54, 1.807) is 12.4 Å². The fourth-order valence-corrected chi connectivity index (χ4v) is 1.68. The van der Waals surface area contributed by atoms with Crippen molar-refractivity contribution in [2.75, 3.05) is 5.32 Å². The molecule has 6 heteroatoms. The molecule has 0 radical (unpaired) electrons. The molecule has 1 amide bonds. The lowest BCUT2D eigenvalue weighted by molar-refractivity contribution is 0.102. The van der Waals surface area contributed by atoms with Crippen molar-refractivity contribution in [3.8, 4) is 0 Å². The zero-order valence-corrected chi connectivity index (χ0v) is 9.82. The first kappa shape index (κ1) is 11.2. The summed E-state index contributed by atoms with van der Waals surface area (Å²) in [4.78, 5) is 28.1. The van der Waals surface area contributed by atoms with Gasteiger partial charge in [-0.05, 0) is 12.1 Å². The van der Waals surface area contributed by atoms with Crippen molar-refractivity contribution in [1.29, 1.82) is 0 Å². The molecule has 0 bridgehead atoms. The minimum Gasteiger partial charge on any atom is -0.303 e. The van der Waals surface area contributed by atoms with E-state index >= 15 is 0 Å². The van der Waals surface area contributed by atoms with Gasteiger partial charge >= 0.3 is 0 Å². The molecule has 19 heavy (non-hydrogen) atoms. The molecule has 1 N–H and O–H groups in total. The van der Waals surface area contributed by atoms with Crippen molar-refractivity contribution in [1.82, 2.24) is 19.9 Å². The predicted octanol–water partition coefficient (Wildman–Crippen LogP) is 1.67. The Bertz CT molecular complexity index is 724. The smallest absolute Gasteiger partial charge is 0.277 e. The number of nitrogens with one attached hydrogen (secondary N) is 1. The van der Waals surface area contributed by atoms with Crippen LogP contribution in [0.5, 0.6) is 0 Å². The number of carbonyl (C=O) groups excluding carboxylic acids is 1. The lowest BCUT2D eigenvalue weighted by Gasteiger charge is -2.05. The number of fused-ring (bicyclic) bond motifs is 1. The van der Waals surface area contributed by atoms with E-state index in [9.17, 15) is 4.79 Å². The van der Waals surface area contributed by atoms with Gasteiger partial charge in [-0.25, -0.2) is 9.97 Å². The summed E-state index contributed by atoms with van der Waals surface area (Å²) in [7, 11) is 0. The molecule has 3 aromatic rings. The summed E-state index contributed by atoms with van der Waals surface area (Å²) in [6.45, 7) is 0. The number of rotatable bonds is 2. The van der Waals surface area contributed by atoms with Gasteiger partial charge in [-0.3, -0.25) is 14.8 Å². The molecule has 0 fully saturated rings. The van der Waals surface area contributed by atoms with Gasteiger partial charge in [0.1, 0.15) is 11.2 Å². The molecule has 3 heterocycles. The number of anilines is 1. The predicted molar refractivity (Wildman–Crippen MR) is 69.5 cm³/mol. The van der Waals surface area contributed by atoms with Gasteiger partial charge in [-0.1, -0.05) is 6.07 Å². The third-order valence-electron chi connectivity index (χ3n) is 2.55. The van der Waals surface area contributed by atoms with E-state index in [0.717, 1.165) is 5.39 Å². The molecule has 0 aromatic carbocycles. The van der Waals surface area contributed by atoms with E-state index in [1.807, 2.05) is 18.2 Å². The molecule has 3 rings (SSSR count). The second-order valence-corrected chi connectivity index (χ2v) is 3.78. The monoisotopic (exact) mass is 251 g/mol. The number of nitrogens with zero attached hydrogens (tertiary/aromatic N) is 4. The summed E-state index contributed by atoms with van der Waals surface area (Å²) in [5.74, 6) is 0.0486. The van der Waals surface area contributed by atoms with Crippen LogP contribution in [0.1, 0.15) is 10.5 Å². The van der Waals surface area contributed by atoms with E-state index in [1.165, 1.54) is 18.6 Å². The van der Waals surface area contributed by atoms with Gasteiger partial charge in [0.15, 0.2) is 5.82 Å². The zero-order valence-electron chi connectivity index (χ0n) is 9.82. The fourth-order valence-electron chi connectivity index (χ4n) is 1.68. The molecule has 6 nitrogen and oxygen atoms in total. The van der Waals surface area contributed by atoms with Crippen molar-refractivity contribution >= 4 is 22.6 Å². The van der Waals surface area contributed by atoms with Gasteiger partial charge in [-0.2, -0.15) is 0 Å². The minimum atomic E-state index is -0.362. The highest BCUT2D eigenvalue weighted by Crippen LogP contribution is 2.18. The van der Waals surface area contributed by atoms with Crippen LogP contribution in [-0.4, -0.2) is 25.8 Å². The topological polar surface area (TPSA) is 80.7 Å². The third kappa shape index (κ3) is 2.23. The van der Waals surface area contributed by atoms with E-state index in [2.05, 4.69) is 25.3 Å². The number of amides is 1. The minimum absolute atomic E-state index is 0.234. The van der Waals surface area contributed by atoms with Crippen LogP contribution in [-0.2, 0) is 0 Å². The SMILES string of the molecule is O=C(Nc1nccc2cccnc12)c1cnccn1.